The number of rotatable bonds is 7. The fourth-order valence-corrected chi connectivity index (χ4v) is 1.55. The van der Waals surface area contributed by atoms with E-state index in [-0.39, 0.29) is 29.5 Å². The van der Waals surface area contributed by atoms with Gasteiger partial charge < -0.3 is 15.2 Å². The van der Waals surface area contributed by atoms with E-state index in [1.54, 1.807) is 6.92 Å². The Morgan fingerprint density at radius 1 is 1.47 bits per heavy atom. The highest BCUT2D eigenvalue weighted by Crippen LogP contribution is 2.10. The van der Waals surface area contributed by atoms with Crippen LogP contribution in [-0.4, -0.2) is 47.7 Å². The lowest BCUT2D eigenvalue weighted by Crippen LogP contribution is -2.34. The van der Waals surface area contributed by atoms with Gasteiger partial charge in [-0.05, 0) is 6.92 Å². The summed E-state index contributed by atoms with van der Waals surface area (Å²) in [7, 11) is 0. The van der Waals surface area contributed by atoms with E-state index in [1.807, 2.05) is 0 Å². The first-order chi connectivity index (χ1) is 7.07. The van der Waals surface area contributed by atoms with Gasteiger partial charge in [0.25, 0.3) is 0 Å². The predicted molar refractivity (Wildman–Crippen MR) is 58.6 cm³/mol. The molecule has 0 saturated carbocycles. The highest BCUT2D eigenvalue weighted by atomic mass is 32.2. The van der Waals surface area contributed by atoms with Gasteiger partial charge in [-0.15, -0.1) is 0 Å². The topological polar surface area (TPSA) is 75.6 Å². The Morgan fingerprint density at radius 3 is 2.67 bits per heavy atom. The summed E-state index contributed by atoms with van der Waals surface area (Å²) in [6, 6.07) is 0. The van der Waals surface area contributed by atoms with Crippen LogP contribution in [0.2, 0.25) is 0 Å². The average Bonchev–Trinajstić information content (AvgIpc) is 2.16. The van der Waals surface area contributed by atoms with Crippen LogP contribution in [0.25, 0.3) is 0 Å². The molecule has 1 atom stereocenters. The molecule has 0 aromatic rings. The molecular formula is C9H17NO4S. The first kappa shape index (κ1) is 14.4. The molecule has 0 radical (unpaired) electrons. The largest absolute Gasteiger partial charge is 0.394 e. The second-order valence-electron chi connectivity index (χ2n) is 2.88. The van der Waals surface area contributed by atoms with Gasteiger partial charge in [-0.2, -0.15) is 0 Å². The maximum Gasteiger partial charge on any atom is 0.233 e. The van der Waals surface area contributed by atoms with Crippen LogP contribution in [0.4, 0.5) is 0 Å². The number of amides is 1. The summed E-state index contributed by atoms with van der Waals surface area (Å²) in [5, 5.41) is 10.6. The number of hydrogen-bond acceptors (Lipinski definition) is 5. The lowest BCUT2D eigenvalue weighted by atomic mass is 10.4. The standard InChI is InChI=1S/C9H17NO4S/c1-7(15-8(2)12)9(13)10-3-5-14-6-4-11/h7,11H,3-6H2,1-2H3,(H,10,13). The van der Waals surface area contributed by atoms with Gasteiger partial charge in [-0.3, -0.25) is 9.59 Å². The number of ether oxygens (including phenoxy) is 1. The molecule has 0 spiro atoms. The molecule has 0 aliphatic carbocycles. The summed E-state index contributed by atoms with van der Waals surface area (Å²) < 4.78 is 4.96. The Bertz CT molecular complexity index is 210. The summed E-state index contributed by atoms with van der Waals surface area (Å²) in [6.07, 6.45) is 0. The number of nitrogens with one attached hydrogen (secondary N) is 1. The minimum atomic E-state index is -0.375. The average molecular weight is 235 g/mol. The fraction of sp³-hybridized carbons (Fsp3) is 0.778. The van der Waals surface area contributed by atoms with Crippen molar-refractivity contribution < 1.29 is 19.4 Å². The molecule has 0 heterocycles. The third-order valence-corrected chi connectivity index (χ3v) is 2.39. The lowest BCUT2D eigenvalue weighted by molar-refractivity contribution is -0.120. The van der Waals surface area contributed by atoms with Crippen LogP contribution in [0.3, 0.4) is 0 Å². The van der Waals surface area contributed by atoms with E-state index in [1.165, 1.54) is 6.92 Å². The van der Waals surface area contributed by atoms with E-state index in [9.17, 15) is 9.59 Å². The van der Waals surface area contributed by atoms with Gasteiger partial charge in [0, 0.05) is 13.5 Å². The Balaban J connectivity index is 3.51. The van der Waals surface area contributed by atoms with E-state index in [0.29, 0.717) is 13.2 Å². The van der Waals surface area contributed by atoms with Crippen molar-refractivity contribution in [2.45, 2.75) is 19.1 Å². The van der Waals surface area contributed by atoms with E-state index in [0.717, 1.165) is 11.8 Å². The minimum Gasteiger partial charge on any atom is -0.394 e. The second kappa shape index (κ2) is 8.70. The van der Waals surface area contributed by atoms with Crippen molar-refractivity contribution in [3.05, 3.63) is 0 Å². The van der Waals surface area contributed by atoms with Crippen molar-refractivity contribution in [2.24, 2.45) is 0 Å². The number of aliphatic hydroxyl groups is 1. The molecule has 0 aromatic heterocycles. The van der Waals surface area contributed by atoms with Gasteiger partial charge in [0.15, 0.2) is 5.12 Å². The molecule has 0 saturated heterocycles. The molecule has 5 nitrogen and oxygen atoms in total. The first-order valence-corrected chi connectivity index (χ1v) is 5.59. The highest BCUT2D eigenvalue weighted by molar-refractivity contribution is 8.14. The van der Waals surface area contributed by atoms with Crippen molar-refractivity contribution >= 4 is 22.8 Å². The summed E-state index contributed by atoms with van der Waals surface area (Å²) in [6.45, 7) is 4.11. The molecule has 1 unspecified atom stereocenters. The molecule has 0 aliphatic rings. The Morgan fingerprint density at radius 2 is 2.13 bits per heavy atom. The second-order valence-corrected chi connectivity index (χ2v) is 4.40. The van der Waals surface area contributed by atoms with Crippen molar-refractivity contribution in [1.82, 2.24) is 5.32 Å². The maximum absolute atomic E-state index is 11.3. The van der Waals surface area contributed by atoms with E-state index in [2.05, 4.69) is 5.32 Å². The molecule has 0 aliphatic heterocycles. The fourth-order valence-electron chi connectivity index (χ4n) is 0.859. The van der Waals surface area contributed by atoms with Gasteiger partial charge in [-0.25, -0.2) is 0 Å². The van der Waals surface area contributed by atoms with E-state index < -0.39 is 0 Å². The number of carbonyl (C=O) groups excluding carboxylic acids is 2. The molecule has 0 rings (SSSR count). The summed E-state index contributed by atoms with van der Waals surface area (Å²) in [5.41, 5.74) is 0. The maximum atomic E-state index is 11.3. The third-order valence-electron chi connectivity index (χ3n) is 1.49. The van der Waals surface area contributed by atoms with Crippen LogP contribution in [0.5, 0.6) is 0 Å². The molecule has 15 heavy (non-hydrogen) atoms. The van der Waals surface area contributed by atoms with Crippen LogP contribution < -0.4 is 5.32 Å². The van der Waals surface area contributed by atoms with Crippen LogP contribution >= 0.6 is 11.8 Å². The van der Waals surface area contributed by atoms with Gasteiger partial charge in [0.1, 0.15) is 0 Å². The van der Waals surface area contributed by atoms with Crippen molar-refractivity contribution in [2.75, 3.05) is 26.4 Å². The zero-order valence-corrected chi connectivity index (χ0v) is 9.80. The first-order valence-electron chi connectivity index (χ1n) is 4.71. The molecule has 88 valence electrons. The van der Waals surface area contributed by atoms with Crippen LogP contribution in [0.1, 0.15) is 13.8 Å². The summed E-state index contributed by atoms with van der Waals surface area (Å²) >= 11 is 0.999. The van der Waals surface area contributed by atoms with Crippen LogP contribution in [-0.2, 0) is 14.3 Å². The van der Waals surface area contributed by atoms with Crippen LogP contribution in [0, 0.1) is 0 Å². The van der Waals surface area contributed by atoms with Gasteiger partial charge in [0.05, 0.1) is 25.1 Å². The molecule has 1 amide bonds. The lowest BCUT2D eigenvalue weighted by Gasteiger charge is -2.09. The molecular weight excluding hydrogens is 218 g/mol. The van der Waals surface area contributed by atoms with Crippen molar-refractivity contribution in [1.29, 1.82) is 0 Å². The number of aliphatic hydroxyl groups excluding tert-OH is 1. The molecule has 0 aromatic carbocycles. The molecule has 6 heteroatoms. The monoisotopic (exact) mass is 235 g/mol. The van der Waals surface area contributed by atoms with E-state index in [4.69, 9.17) is 9.84 Å². The number of hydrogen-bond donors (Lipinski definition) is 2. The van der Waals surface area contributed by atoms with Crippen molar-refractivity contribution in [3.8, 4) is 0 Å². The summed E-state index contributed by atoms with van der Waals surface area (Å²) in [5.74, 6) is -0.178. The molecule has 0 bridgehead atoms. The number of carbonyl (C=O) groups is 2. The summed E-state index contributed by atoms with van der Waals surface area (Å²) in [4.78, 5) is 22.0. The highest BCUT2D eigenvalue weighted by Gasteiger charge is 2.14. The normalized spacial score (nSPS) is 12.2. The molecule has 2 N–H and O–H groups in total. The zero-order chi connectivity index (χ0) is 11.7. The number of thioether (sulfide) groups is 1. The third kappa shape index (κ3) is 8.41. The van der Waals surface area contributed by atoms with Gasteiger partial charge >= 0.3 is 0 Å². The smallest absolute Gasteiger partial charge is 0.233 e. The van der Waals surface area contributed by atoms with E-state index >= 15 is 0 Å². The molecule has 0 fully saturated rings. The Hall–Kier alpha value is -0.590. The SMILES string of the molecule is CC(=O)SC(C)C(=O)NCCOCCO. The van der Waals surface area contributed by atoms with Crippen LogP contribution in [0.15, 0.2) is 0 Å². The Labute approximate surface area is 93.6 Å². The van der Waals surface area contributed by atoms with Crippen molar-refractivity contribution in [3.63, 3.8) is 0 Å². The Kier molecular flexibility index (Phi) is 8.35. The predicted octanol–water partition coefficient (Wildman–Crippen LogP) is -0.220. The van der Waals surface area contributed by atoms with Gasteiger partial charge in [-0.1, -0.05) is 11.8 Å². The zero-order valence-electron chi connectivity index (χ0n) is 8.99. The minimum absolute atomic E-state index is 0.0233. The van der Waals surface area contributed by atoms with Gasteiger partial charge in [0.2, 0.25) is 5.91 Å². The quantitative estimate of drug-likeness (QED) is 0.597.